The van der Waals surface area contributed by atoms with Crippen LogP contribution in [0.15, 0.2) is 29.4 Å². The summed E-state index contributed by atoms with van der Waals surface area (Å²) in [6.07, 6.45) is -2.18. The molecule has 1 aromatic rings. The first-order chi connectivity index (χ1) is 8.04. The van der Waals surface area contributed by atoms with E-state index in [0.29, 0.717) is 18.5 Å². The van der Waals surface area contributed by atoms with Gasteiger partial charge in [-0.3, -0.25) is 0 Å². The van der Waals surface area contributed by atoms with Crippen LogP contribution in [-0.4, -0.2) is 12.8 Å². The molecule has 0 aliphatic rings. The fraction of sp³-hybridized carbons (Fsp3) is 0.364. The number of hydrogen-bond acceptors (Lipinski definition) is 3. The van der Waals surface area contributed by atoms with Crippen molar-refractivity contribution in [3.63, 3.8) is 0 Å². The molecule has 0 saturated carbocycles. The van der Waals surface area contributed by atoms with E-state index in [4.69, 9.17) is 10.6 Å². The van der Waals surface area contributed by atoms with Crippen LogP contribution in [-0.2, 0) is 17.6 Å². The molecule has 6 heteroatoms. The van der Waals surface area contributed by atoms with Crippen molar-refractivity contribution in [1.82, 2.24) is 0 Å². The summed E-state index contributed by atoms with van der Waals surface area (Å²) in [5.74, 6) is 0. The zero-order valence-corrected chi connectivity index (χ0v) is 9.07. The maximum atomic E-state index is 12.2. The van der Waals surface area contributed by atoms with Crippen LogP contribution in [0.25, 0.3) is 0 Å². The number of benzene rings is 1. The van der Waals surface area contributed by atoms with E-state index in [0.717, 1.165) is 12.1 Å². The van der Waals surface area contributed by atoms with Gasteiger partial charge >= 0.3 is 6.18 Å². The zero-order chi connectivity index (χ0) is 12.7. The van der Waals surface area contributed by atoms with Crippen LogP contribution in [0, 0.1) is 0 Å². The predicted octanol–water partition coefficient (Wildman–Crippen LogP) is 2.56. The van der Waals surface area contributed by atoms with E-state index in [1.165, 1.54) is 18.3 Å². The van der Waals surface area contributed by atoms with Crippen LogP contribution < -0.4 is 5.73 Å². The molecule has 0 aliphatic carbocycles. The lowest BCUT2D eigenvalue weighted by molar-refractivity contribution is -0.137. The summed E-state index contributed by atoms with van der Waals surface area (Å²) in [7, 11) is 0. The van der Waals surface area contributed by atoms with Gasteiger partial charge in [-0.15, -0.1) is 0 Å². The van der Waals surface area contributed by atoms with Crippen LogP contribution in [0.5, 0.6) is 0 Å². The van der Waals surface area contributed by atoms with Crippen molar-refractivity contribution in [2.24, 2.45) is 10.9 Å². The number of halogens is 3. The summed E-state index contributed by atoms with van der Waals surface area (Å²) >= 11 is 0. The molecule has 94 valence electrons. The highest BCUT2D eigenvalue weighted by Gasteiger charge is 2.29. The molecule has 0 aromatic heterocycles. The van der Waals surface area contributed by atoms with Crippen molar-refractivity contribution in [2.75, 3.05) is 6.54 Å². The minimum Gasteiger partial charge on any atom is -0.391 e. The molecule has 1 rings (SSSR count). The number of rotatable bonds is 5. The molecular weight excluding hydrogens is 233 g/mol. The molecule has 3 nitrogen and oxygen atoms in total. The first-order valence-electron chi connectivity index (χ1n) is 5.04. The highest BCUT2D eigenvalue weighted by atomic mass is 19.4. The van der Waals surface area contributed by atoms with E-state index in [1.807, 2.05) is 0 Å². The Hall–Kier alpha value is -1.56. The molecule has 0 atom stereocenters. The minimum atomic E-state index is -4.31. The zero-order valence-electron chi connectivity index (χ0n) is 9.07. The van der Waals surface area contributed by atoms with Crippen molar-refractivity contribution < 1.29 is 18.0 Å². The maximum Gasteiger partial charge on any atom is 0.416 e. The van der Waals surface area contributed by atoms with E-state index in [2.05, 4.69) is 5.16 Å². The topological polar surface area (TPSA) is 47.6 Å². The minimum absolute atomic E-state index is 0.138. The third kappa shape index (κ3) is 4.86. The average molecular weight is 246 g/mol. The summed E-state index contributed by atoms with van der Waals surface area (Å²) in [6.45, 7) is 0.617. The average Bonchev–Trinajstić information content (AvgIpc) is 2.28. The summed E-state index contributed by atoms with van der Waals surface area (Å²) in [5, 5.41) is 3.60. The largest absolute Gasteiger partial charge is 0.416 e. The number of nitrogens with two attached hydrogens (primary N) is 1. The van der Waals surface area contributed by atoms with Crippen LogP contribution in [0.2, 0.25) is 0 Å². The first kappa shape index (κ1) is 13.5. The fourth-order valence-electron chi connectivity index (χ4n) is 1.08. The molecule has 1 aromatic carbocycles. The van der Waals surface area contributed by atoms with Crippen molar-refractivity contribution in [3.05, 3.63) is 35.4 Å². The van der Waals surface area contributed by atoms with E-state index in [1.54, 1.807) is 0 Å². The highest BCUT2D eigenvalue weighted by molar-refractivity contribution is 5.56. The van der Waals surface area contributed by atoms with Crippen LogP contribution in [0.1, 0.15) is 17.5 Å². The predicted molar refractivity (Wildman–Crippen MR) is 58.4 cm³/mol. The molecule has 0 fully saturated rings. The monoisotopic (exact) mass is 246 g/mol. The van der Waals surface area contributed by atoms with Gasteiger partial charge in [-0.2, -0.15) is 13.2 Å². The molecule has 0 spiro atoms. The third-order valence-electron chi connectivity index (χ3n) is 1.96. The van der Waals surface area contributed by atoms with Gasteiger partial charge in [-0.05, 0) is 30.7 Å². The maximum absolute atomic E-state index is 12.2. The lowest BCUT2D eigenvalue weighted by Crippen LogP contribution is -2.04. The molecule has 0 bridgehead atoms. The molecule has 0 radical (unpaired) electrons. The van der Waals surface area contributed by atoms with Gasteiger partial charge in [-0.25, -0.2) is 0 Å². The molecule has 0 saturated heterocycles. The van der Waals surface area contributed by atoms with Crippen LogP contribution in [0.3, 0.4) is 0 Å². The second-order valence-corrected chi connectivity index (χ2v) is 3.33. The first-order valence-corrected chi connectivity index (χ1v) is 5.04. The SMILES string of the molecule is NCC/C=N/OCc1ccc(C(F)(F)F)cc1. The quantitative estimate of drug-likeness (QED) is 0.641. The summed E-state index contributed by atoms with van der Waals surface area (Å²) in [6, 6.07) is 4.76. The Morgan fingerprint density at radius 3 is 2.41 bits per heavy atom. The van der Waals surface area contributed by atoms with Gasteiger partial charge in [0.05, 0.1) is 5.56 Å². The van der Waals surface area contributed by atoms with E-state index >= 15 is 0 Å². The second-order valence-electron chi connectivity index (χ2n) is 3.33. The molecule has 0 heterocycles. The Balaban J connectivity index is 2.46. The van der Waals surface area contributed by atoms with Gasteiger partial charge < -0.3 is 10.6 Å². The summed E-state index contributed by atoms with van der Waals surface area (Å²) in [4.78, 5) is 4.88. The lowest BCUT2D eigenvalue weighted by Gasteiger charge is -2.06. The van der Waals surface area contributed by atoms with Gasteiger partial charge in [0.1, 0.15) is 6.61 Å². The van der Waals surface area contributed by atoms with Gasteiger partial charge in [0, 0.05) is 6.21 Å². The normalized spacial score (nSPS) is 12.0. The number of alkyl halides is 3. The van der Waals surface area contributed by atoms with Crippen LogP contribution in [0.4, 0.5) is 13.2 Å². The van der Waals surface area contributed by atoms with Crippen molar-refractivity contribution in [2.45, 2.75) is 19.2 Å². The van der Waals surface area contributed by atoms with Crippen LogP contribution >= 0.6 is 0 Å². The van der Waals surface area contributed by atoms with Gasteiger partial charge in [0.15, 0.2) is 0 Å². The van der Waals surface area contributed by atoms with E-state index < -0.39 is 11.7 Å². The standard InChI is InChI=1S/C11H13F3N2O/c12-11(13,14)10-4-2-9(3-5-10)8-17-16-7-1-6-15/h2-5,7H,1,6,8,15H2/b16-7+. The molecular formula is C11H13F3N2O. The fourth-order valence-corrected chi connectivity index (χ4v) is 1.08. The summed E-state index contributed by atoms with van der Waals surface area (Å²) in [5.41, 5.74) is 5.18. The molecule has 0 aliphatic heterocycles. The Morgan fingerprint density at radius 2 is 1.88 bits per heavy atom. The molecule has 0 amide bonds. The Morgan fingerprint density at radius 1 is 1.24 bits per heavy atom. The lowest BCUT2D eigenvalue weighted by atomic mass is 10.1. The molecule has 2 N–H and O–H groups in total. The Kier molecular flexibility index (Phi) is 4.96. The number of oxime groups is 1. The third-order valence-corrected chi connectivity index (χ3v) is 1.96. The van der Waals surface area contributed by atoms with Crippen molar-refractivity contribution in [1.29, 1.82) is 0 Å². The van der Waals surface area contributed by atoms with Gasteiger partial charge in [0.25, 0.3) is 0 Å². The Bertz CT molecular complexity index is 360. The van der Waals surface area contributed by atoms with Crippen molar-refractivity contribution in [3.8, 4) is 0 Å². The summed E-state index contributed by atoms with van der Waals surface area (Å²) < 4.78 is 36.7. The number of nitrogens with zero attached hydrogens (tertiary/aromatic N) is 1. The van der Waals surface area contributed by atoms with Gasteiger partial charge in [0.2, 0.25) is 0 Å². The van der Waals surface area contributed by atoms with E-state index in [-0.39, 0.29) is 6.61 Å². The Labute approximate surface area is 97.1 Å². The smallest absolute Gasteiger partial charge is 0.391 e. The van der Waals surface area contributed by atoms with Crippen molar-refractivity contribution >= 4 is 6.21 Å². The second kappa shape index (κ2) is 6.24. The van der Waals surface area contributed by atoms with E-state index in [9.17, 15) is 13.2 Å². The number of hydrogen-bond donors (Lipinski definition) is 1. The highest BCUT2D eigenvalue weighted by Crippen LogP contribution is 2.29. The molecule has 0 unspecified atom stereocenters. The van der Waals surface area contributed by atoms with Gasteiger partial charge in [-0.1, -0.05) is 17.3 Å². The molecule has 17 heavy (non-hydrogen) atoms.